The summed E-state index contributed by atoms with van der Waals surface area (Å²) in [6.45, 7) is 7.91. The van der Waals surface area contributed by atoms with Crippen molar-refractivity contribution in [3.8, 4) is 11.5 Å². The van der Waals surface area contributed by atoms with Crippen LogP contribution in [0, 0.1) is 25.7 Å². The van der Waals surface area contributed by atoms with E-state index in [1.54, 1.807) is 13.0 Å². The predicted octanol–water partition coefficient (Wildman–Crippen LogP) is 3.90. The standard InChI is InChI=1S/C26H33NO7/c1-14-15(2)25(31)33-23-18-9-10-26(3,4)34-19(18)11-20(22(14)23)32-13-21(28)27-12-16-5-7-17(8-6-16)24(29)30/h11,16-17H,5-10,12-13H2,1-4H3,(H,27,28)(H,29,30). The largest absolute Gasteiger partial charge is 0.487 e. The maximum Gasteiger partial charge on any atom is 0.339 e. The Labute approximate surface area is 198 Å². The number of hydrogen-bond acceptors (Lipinski definition) is 6. The second kappa shape index (κ2) is 9.31. The van der Waals surface area contributed by atoms with E-state index in [2.05, 4.69) is 5.32 Å². The SMILES string of the molecule is Cc1c(C)c2c(OCC(=O)NCC3CCC(C(=O)O)CC3)cc3c(c2oc1=O)CCC(C)(C)O3. The zero-order valence-electron chi connectivity index (χ0n) is 20.3. The number of carbonyl (C=O) groups excluding carboxylic acids is 1. The highest BCUT2D eigenvalue weighted by Gasteiger charge is 2.31. The Kier molecular flexibility index (Phi) is 6.60. The lowest BCUT2D eigenvalue weighted by Gasteiger charge is -2.33. The molecule has 1 aromatic heterocycles. The molecule has 1 fully saturated rings. The molecule has 1 saturated carbocycles. The number of hydrogen-bond donors (Lipinski definition) is 2. The molecule has 0 atom stereocenters. The molecule has 2 N–H and O–H groups in total. The van der Waals surface area contributed by atoms with Crippen LogP contribution in [0.1, 0.15) is 62.6 Å². The van der Waals surface area contributed by atoms with E-state index in [0.717, 1.165) is 36.8 Å². The average molecular weight is 472 g/mol. The fourth-order valence-electron chi connectivity index (χ4n) is 4.91. The number of carboxylic acid groups (broad SMARTS) is 1. The highest BCUT2D eigenvalue weighted by Crippen LogP contribution is 2.43. The smallest absolute Gasteiger partial charge is 0.339 e. The van der Waals surface area contributed by atoms with Gasteiger partial charge in [-0.05, 0) is 77.7 Å². The number of carboxylic acids is 1. The maximum absolute atomic E-state index is 12.5. The van der Waals surface area contributed by atoms with Crippen LogP contribution in [-0.4, -0.2) is 35.7 Å². The van der Waals surface area contributed by atoms with Gasteiger partial charge in [-0.1, -0.05) is 0 Å². The molecule has 4 rings (SSSR count). The number of fused-ring (bicyclic) bond motifs is 3. The van der Waals surface area contributed by atoms with Crippen molar-refractivity contribution in [2.24, 2.45) is 11.8 Å². The van der Waals surface area contributed by atoms with Gasteiger partial charge >= 0.3 is 11.6 Å². The van der Waals surface area contributed by atoms with Crippen LogP contribution in [-0.2, 0) is 16.0 Å². The number of amides is 1. The van der Waals surface area contributed by atoms with Crippen LogP contribution in [0.2, 0.25) is 0 Å². The molecule has 34 heavy (non-hydrogen) atoms. The zero-order chi connectivity index (χ0) is 24.6. The van der Waals surface area contributed by atoms with E-state index in [1.165, 1.54) is 0 Å². The molecule has 0 bridgehead atoms. The van der Waals surface area contributed by atoms with Crippen molar-refractivity contribution in [3.05, 3.63) is 33.2 Å². The number of aryl methyl sites for hydroxylation is 2. The Bertz CT molecular complexity index is 1170. The Hall–Kier alpha value is -3.03. The highest BCUT2D eigenvalue weighted by molar-refractivity contribution is 5.92. The van der Waals surface area contributed by atoms with Gasteiger partial charge in [0.2, 0.25) is 0 Å². The fraction of sp³-hybridized carbons (Fsp3) is 0.577. The van der Waals surface area contributed by atoms with E-state index in [4.69, 9.17) is 19.0 Å². The molecule has 2 aromatic rings. The van der Waals surface area contributed by atoms with Gasteiger partial charge in [-0.2, -0.15) is 0 Å². The zero-order valence-corrected chi connectivity index (χ0v) is 20.3. The lowest BCUT2D eigenvalue weighted by atomic mass is 9.82. The third kappa shape index (κ3) is 4.91. The van der Waals surface area contributed by atoms with Gasteiger partial charge in [0.05, 0.1) is 11.3 Å². The summed E-state index contributed by atoms with van der Waals surface area (Å²) in [5, 5.41) is 12.7. The molecule has 1 aliphatic heterocycles. The number of ether oxygens (including phenoxy) is 2. The minimum atomic E-state index is -0.734. The summed E-state index contributed by atoms with van der Waals surface area (Å²) < 4.78 is 17.8. The molecule has 2 heterocycles. The quantitative estimate of drug-likeness (QED) is 0.614. The van der Waals surface area contributed by atoms with Crippen LogP contribution >= 0.6 is 0 Å². The van der Waals surface area contributed by atoms with Crippen molar-refractivity contribution in [3.63, 3.8) is 0 Å². The molecular weight excluding hydrogens is 438 g/mol. The topological polar surface area (TPSA) is 115 Å². The van der Waals surface area contributed by atoms with Crippen LogP contribution in [0.3, 0.4) is 0 Å². The highest BCUT2D eigenvalue weighted by atomic mass is 16.5. The molecule has 8 heteroatoms. The van der Waals surface area contributed by atoms with E-state index in [-0.39, 0.29) is 35.6 Å². The fourth-order valence-corrected chi connectivity index (χ4v) is 4.91. The minimum absolute atomic E-state index is 0.181. The Morgan fingerprint density at radius 2 is 1.88 bits per heavy atom. The normalized spacial score (nSPS) is 21.4. The number of benzene rings is 1. The number of carbonyl (C=O) groups is 2. The van der Waals surface area contributed by atoms with Crippen molar-refractivity contribution >= 4 is 22.8 Å². The summed E-state index contributed by atoms with van der Waals surface area (Å²) in [6, 6.07) is 1.80. The van der Waals surface area contributed by atoms with E-state index in [1.807, 2.05) is 20.8 Å². The number of rotatable bonds is 6. The van der Waals surface area contributed by atoms with Crippen LogP contribution in [0.25, 0.3) is 11.0 Å². The molecule has 8 nitrogen and oxygen atoms in total. The van der Waals surface area contributed by atoms with Gasteiger partial charge in [-0.15, -0.1) is 0 Å². The van der Waals surface area contributed by atoms with Crippen molar-refractivity contribution in [1.29, 1.82) is 0 Å². The minimum Gasteiger partial charge on any atom is -0.487 e. The molecule has 0 radical (unpaired) electrons. The summed E-state index contributed by atoms with van der Waals surface area (Å²) in [6.07, 6.45) is 4.38. The van der Waals surface area contributed by atoms with Gasteiger partial charge in [0, 0.05) is 23.7 Å². The first-order valence-electron chi connectivity index (χ1n) is 12.0. The Morgan fingerprint density at radius 1 is 1.18 bits per heavy atom. The third-order valence-corrected chi connectivity index (χ3v) is 7.25. The lowest BCUT2D eigenvalue weighted by Crippen LogP contribution is -2.35. The molecule has 1 aromatic carbocycles. The first kappa shape index (κ1) is 24.1. The number of aliphatic carboxylic acids is 1. The van der Waals surface area contributed by atoms with Crippen molar-refractivity contribution in [1.82, 2.24) is 5.32 Å². The maximum atomic E-state index is 12.5. The van der Waals surface area contributed by atoms with Gasteiger partial charge in [-0.25, -0.2) is 4.79 Å². The van der Waals surface area contributed by atoms with Gasteiger partial charge in [0.25, 0.3) is 5.91 Å². The van der Waals surface area contributed by atoms with E-state index < -0.39 is 5.97 Å². The van der Waals surface area contributed by atoms with Gasteiger partial charge in [0.1, 0.15) is 22.7 Å². The van der Waals surface area contributed by atoms with Crippen LogP contribution in [0.15, 0.2) is 15.3 Å². The monoisotopic (exact) mass is 471 g/mol. The summed E-state index contributed by atoms with van der Waals surface area (Å²) in [4.78, 5) is 36.0. The van der Waals surface area contributed by atoms with Gasteiger partial charge in [-0.3, -0.25) is 9.59 Å². The average Bonchev–Trinajstić information content (AvgIpc) is 2.79. The Morgan fingerprint density at radius 3 is 2.56 bits per heavy atom. The Balaban J connectivity index is 1.49. The molecule has 0 spiro atoms. The second-order valence-electron chi connectivity index (χ2n) is 10.2. The predicted molar refractivity (Wildman–Crippen MR) is 127 cm³/mol. The van der Waals surface area contributed by atoms with Crippen molar-refractivity contribution < 1.29 is 28.6 Å². The summed E-state index contributed by atoms with van der Waals surface area (Å²) in [5.41, 5.74) is 1.86. The molecule has 2 aliphatic rings. The second-order valence-corrected chi connectivity index (χ2v) is 10.2. The molecule has 1 aliphatic carbocycles. The van der Waals surface area contributed by atoms with E-state index in [0.29, 0.717) is 47.4 Å². The molecular formula is C26H33NO7. The van der Waals surface area contributed by atoms with Crippen LogP contribution < -0.4 is 20.4 Å². The lowest BCUT2D eigenvalue weighted by molar-refractivity contribution is -0.143. The van der Waals surface area contributed by atoms with Crippen molar-refractivity contribution in [2.45, 2.75) is 71.8 Å². The van der Waals surface area contributed by atoms with Crippen LogP contribution in [0.5, 0.6) is 11.5 Å². The first-order chi connectivity index (χ1) is 16.1. The molecule has 184 valence electrons. The molecule has 1 amide bonds. The van der Waals surface area contributed by atoms with Crippen molar-refractivity contribution in [2.75, 3.05) is 13.2 Å². The summed E-state index contributed by atoms with van der Waals surface area (Å²) in [7, 11) is 0. The summed E-state index contributed by atoms with van der Waals surface area (Å²) >= 11 is 0. The summed E-state index contributed by atoms with van der Waals surface area (Å²) in [5.74, 6) is 0.0836. The van der Waals surface area contributed by atoms with E-state index >= 15 is 0 Å². The van der Waals surface area contributed by atoms with Gasteiger partial charge in [0.15, 0.2) is 6.61 Å². The van der Waals surface area contributed by atoms with E-state index in [9.17, 15) is 14.4 Å². The molecule has 0 saturated heterocycles. The number of nitrogens with one attached hydrogen (secondary N) is 1. The van der Waals surface area contributed by atoms with Crippen LogP contribution in [0.4, 0.5) is 0 Å². The third-order valence-electron chi connectivity index (χ3n) is 7.25. The molecule has 0 unspecified atom stereocenters. The first-order valence-corrected chi connectivity index (χ1v) is 12.0. The van der Waals surface area contributed by atoms with Gasteiger partial charge < -0.3 is 24.3 Å².